The topological polar surface area (TPSA) is 265 Å². The van der Waals surface area contributed by atoms with Crippen LogP contribution in [-0.4, -0.2) is 129 Å². The van der Waals surface area contributed by atoms with Gasteiger partial charge in [-0.3, -0.25) is 13.6 Å². The van der Waals surface area contributed by atoms with Crippen LogP contribution in [0.4, 0.5) is 17.6 Å². The molecule has 370 valence electrons. The number of nitrogens with two attached hydrogens (primary N) is 2. The van der Waals surface area contributed by atoms with E-state index in [1.165, 1.54) is 12.7 Å². The summed E-state index contributed by atoms with van der Waals surface area (Å²) in [6.45, 7) is 13.3. The van der Waals surface area contributed by atoms with E-state index in [1.54, 1.807) is 4.57 Å². The van der Waals surface area contributed by atoms with E-state index in [2.05, 4.69) is 93.3 Å². The number of nitrogens with one attached hydrogen (secondary N) is 2. The van der Waals surface area contributed by atoms with Gasteiger partial charge in [-0.05, 0) is 91.1 Å². The highest BCUT2D eigenvalue weighted by molar-refractivity contribution is 8.07. The highest BCUT2D eigenvalue weighted by Crippen LogP contribution is 2.56. The molecule has 0 amide bonds. The number of nitrogen functional groups attached to an aromatic ring is 1. The molecule has 1 aliphatic carbocycles. The largest absolute Gasteiger partial charge is 0.408 e. The number of hydrogen-bond donors (Lipinski definition) is 6. The average molecular weight is 1040 g/mol. The second kappa shape index (κ2) is 17.6. The van der Waals surface area contributed by atoms with Gasteiger partial charge < -0.3 is 63.8 Å². The summed E-state index contributed by atoms with van der Waals surface area (Å²) in [4.78, 5) is 47.5. The summed E-state index contributed by atoms with van der Waals surface area (Å²) in [5.74, 6) is 1.11. The Kier molecular flexibility index (Phi) is 13.1. The van der Waals surface area contributed by atoms with Crippen molar-refractivity contribution in [1.29, 1.82) is 0 Å². The highest BCUT2D eigenvalue weighted by Gasteiger charge is 2.57. The first-order valence-electron chi connectivity index (χ1n) is 22.7. The van der Waals surface area contributed by atoms with Crippen molar-refractivity contribution in [1.82, 2.24) is 34.1 Å². The van der Waals surface area contributed by atoms with Gasteiger partial charge in [0.2, 0.25) is 5.95 Å². The molecule has 67 heavy (non-hydrogen) atoms. The molecule has 4 fully saturated rings. The Morgan fingerprint density at radius 1 is 0.866 bits per heavy atom. The summed E-state index contributed by atoms with van der Waals surface area (Å²) in [7, 11) is -5.30. The summed E-state index contributed by atoms with van der Waals surface area (Å²) in [6, 6.07) is 0. The minimum Gasteiger partial charge on any atom is -0.408 e. The molecular formula is C40H65N11O10P2S2Si2. The maximum Gasteiger partial charge on any atom is 0.325 e. The van der Waals surface area contributed by atoms with E-state index in [-0.39, 0.29) is 40.6 Å². The molecule has 4 aliphatic heterocycles. The normalized spacial score (nSPS) is 32.8. The molecule has 21 nitrogen and oxygen atoms in total. The molecule has 3 saturated heterocycles. The molecule has 8 heterocycles. The first-order valence-corrected chi connectivity index (χ1v) is 33.7. The van der Waals surface area contributed by atoms with Crippen molar-refractivity contribution >= 4 is 93.5 Å². The van der Waals surface area contributed by atoms with E-state index in [1.807, 2.05) is 10.8 Å². The number of aryl methyl sites for hydroxylation is 1. The van der Waals surface area contributed by atoms with Crippen LogP contribution in [0.2, 0.25) is 36.3 Å². The fourth-order valence-electron chi connectivity index (χ4n) is 8.34. The summed E-state index contributed by atoms with van der Waals surface area (Å²) in [6.07, 6.45) is 0.498. The van der Waals surface area contributed by atoms with Gasteiger partial charge in [-0.25, -0.2) is 15.0 Å². The number of aromatic nitrogens is 7. The first-order chi connectivity index (χ1) is 31.1. The lowest BCUT2D eigenvalue weighted by atomic mass is 10.1. The summed E-state index contributed by atoms with van der Waals surface area (Å²) in [5, 5.41) is 7.00. The van der Waals surface area contributed by atoms with Gasteiger partial charge in [0.15, 0.2) is 40.6 Å². The third-order valence-corrected chi connectivity index (χ3v) is 26.5. The number of fused-ring (bicyclic) bond motifs is 4. The van der Waals surface area contributed by atoms with Crippen molar-refractivity contribution in [2.75, 3.05) is 42.7 Å². The molecule has 27 heteroatoms. The number of imidazole rings is 1. The predicted molar refractivity (Wildman–Crippen MR) is 265 cm³/mol. The molecule has 9 rings (SSSR count). The molecule has 5 aliphatic rings. The Morgan fingerprint density at radius 2 is 1.49 bits per heavy atom. The second-order valence-corrected chi connectivity index (χ2v) is 36.6. The van der Waals surface area contributed by atoms with E-state index < -0.39 is 79.2 Å². The van der Waals surface area contributed by atoms with Gasteiger partial charge in [-0.15, -0.1) is 0 Å². The quantitative estimate of drug-likeness (QED) is 0.0836. The molecule has 0 spiro atoms. The third kappa shape index (κ3) is 9.93. The molecule has 0 radical (unpaired) electrons. The van der Waals surface area contributed by atoms with Gasteiger partial charge in [-0.2, -0.15) is 9.97 Å². The Labute approximate surface area is 402 Å². The van der Waals surface area contributed by atoms with Crippen molar-refractivity contribution in [2.24, 2.45) is 5.73 Å². The molecule has 8 N–H and O–H groups in total. The Hall–Kier alpha value is -2.14. The smallest absolute Gasteiger partial charge is 0.325 e. The van der Waals surface area contributed by atoms with E-state index in [0.717, 1.165) is 49.0 Å². The number of nitrogens with zero attached hydrogens (tertiary/aromatic N) is 7. The average Bonchev–Trinajstić information content (AvgIpc) is 3.42. The van der Waals surface area contributed by atoms with Gasteiger partial charge in [0.25, 0.3) is 0 Å². The molecule has 2 bridgehead atoms. The minimum absolute atomic E-state index is 0.130. The van der Waals surface area contributed by atoms with Crippen molar-refractivity contribution in [3.8, 4) is 0 Å². The first kappa shape index (κ1) is 49.8. The van der Waals surface area contributed by atoms with E-state index in [0.29, 0.717) is 23.4 Å². The molecule has 1 saturated carbocycles. The van der Waals surface area contributed by atoms with Crippen molar-refractivity contribution in [3.05, 3.63) is 24.4 Å². The van der Waals surface area contributed by atoms with Gasteiger partial charge in [-0.1, -0.05) is 41.5 Å². The van der Waals surface area contributed by atoms with Gasteiger partial charge in [0.1, 0.15) is 59.9 Å². The van der Waals surface area contributed by atoms with Crippen LogP contribution in [0.1, 0.15) is 78.8 Å². The monoisotopic (exact) mass is 1040 g/mol. The van der Waals surface area contributed by atoms with Gasteiger partial charge in [0.05, 0.1) is 24.9 Å². The standard InChI is InChI=1S/C40H65N11O10P2S2Si2/c1-38(2,3)66(7,8)60-28-24-18-55-62(52,64)58-27-23(56-36(30(27)61-67(9,10)39(4,5)6)50-16-22-12-11-15-43-32-25(22)33(50)46-20-45-32)17-54-63(53,65)59-29(28)35(57-24)51-21-47-26-31(41)48-37(49-34(26)51)44-19-40(42)13-14-40/h16,20-21,23-24,27-30,35-36H,11-15,17-19,42H2,1-10H3,(H,52,64)(H,53,65)(H,43,45,46)(H3,41,44,48,49)/t23-,24-,27-,28-,29-,30-,35-,36-,62?,63?/m1/s1. The molecular weight excluding hydrogens is 977 g/mol. The lowest BCUT2D eigenvalue weighted by Gasteiger charge is -2.41. The minimum atomic E-state index is -4.24. The van der Waals surface area contributed by atoms with Gasteiger partial charge in [0, 0.05) is 24.8 Å². The lowest BCUT2D eigenvalue weighted by Crippen LogP contribution is -2.50. The van der Waals surface area contributed by atoms with Crippen LogP contribution < -0.4 is 22.1 Å². The Bertz CT molecular complexity index is 2630. The van der Waals surface area contributed by atoms with Crippen LogP contribution in [-0.2, 0) is 66.5 Å². The fraction of sp³-hybridized carbons (Fsp3) is 0.725. The van der Waals surface area contributed by atoms with Crippen LogP contribution in [0.5, 0.6) is 0 Å². The molecule has 2 unspecified atom stereocenters. The third-order valence-electron chi connectivity index (χ3n) is 14.4. The van der Waals surface area contributed by atoms with Crippen LogP contribution in [0.15, 0.2) is 18.9 Å². The summed E-state index contributed by atoms with van der Waals surface area (Å²) < 4.78 is 57.5. The van der Waals surface area contributed by atoms with Crippen molar-refractivity contribution < 1.29 is 46.2 Å². The lowest BCUT2D eigenvalue weighted by molar-refractivity contribution is -0.0604. The SMILES string of the molecule is CC(C)(C)[Si](C)(C)O[C@@H]1[C@@H]2OP(O)(=S)OC[C@H]3O[C@@H](n4cnc5c(N)nc(NCC6(N)CC6)nc54)[C@H](OP(O)(=S)OC[C@H]2O[C@H]1n1cc2c4c(ncnc41)NCCC2)[C@@H]3O[Si](C)(C)C(C)(C)C. The number of hydrogen-bond acceptors (Lipinski definition) is 19. The fourth-order valence-corrected chi connectivity index (χ4v) is 13.8. The zero-order chi connectivity index (χ0) is 48.3. The van der Waals surface area contributed by atoms with Crippen LogP contribution in [0.25, 0.3) is 22.2 Å². The Morgan fingerprint density at radius 3 is 2.15 bits per heavy atom. The zero-order valence-corrected chi connectivity index (χ0v) is 45.1. The van der Waals surface area contributed by atoms with E-state index in [4.69, 9.17) is 81.5 Å². The molecule has 10 atom stereocenters. The predicted octanol–water partition coefficient (Wildman–Crippen LogP) is 5.94. The Balaban J connectivity index is 1.11. The molecule has 4 aromatic heterocycles. The molecule has 0 aromatic carbocycles. The van der Waals surface area contributed by atoms with E-state index >= 15 is 0 Å². The number of rotatable bonds is 9. The van der Waals surface area contributed by atoms with Gasteiger partial charge >= 0.3 is 13.4 Å². The zero-order valence-electron chi connectivity index (χ0n) is 39.7. The van der Waals surface area contributed by atoms with Crippen LogP contribution in [0.3, 0.4) is 0 Å². The summed E-state index contributed by atoms with van der Waals surface area (Å²) >= 11 is 11.8. The van der Waals surface area contributed by atoms with Crippen LogP contribution >= 0.6 is 13.4 Å². The molecule has 4 aromatic rings. The number of anilines is 3. The summed E-state index contributed by atoms with van der Waals surface area (Å²) in [5.41, 5.74) is 14.8. The highest BCUT2D eigenvalue weighted by atomic mass is 32.5. The van der Waals surface area contributed by atoms with E-state index in [9.17, 15) is 9.79 Å². The van der Waals surface area contributed by atoms with Crippen molar-refractivity contribution in [2.45, 2.75) is 158 Å². The maximum absolute atomic E-state index is 12.2. The van der Waals surface area contributed by atoms with Crippen molar-refractivity contribution in [3.63, 3.8) is 0 Å². The second-order valence-electron chi connectivity index (χ2n) is 21.5. The maximum atomic E-state index is 12.2. The number of ether oxygens (including phenoxy) is 2. The van der Waals surface area contributed by atoms with Crippen LogP contribution in [0, 0.1) is 0 Å².